The Morgan fingerprint density at radius 1 is 1.73 bits per heavy atom. The molecule has 0 aliphatic heterocycles. The summed E-state index contributed by atoms with van der Waals surface area (Å²) in [5.41, 5.74) is 0.763. The third-order valence-electron chi connectivity index (χ3n) is 1.52. The topological polar surface area (TPSA) is 22.0 Å². The third kappa shape index (κ3) is 2.12. The Bertz CT molecular complexity index is 232. The number of aryl methyl sites for hydroxylation is 1. The highest BCUT2D eigenvalue weighted by Gasteiger charge is 1.96. The first-order valence-corrected chi connectivity index (χ1v) is 4.87. The van der Waals surface area contributed by atoms with Crippen LogP contribution < -0.4 is 0 Å². The van der Waals surface area contributed by atoms with Crippen LogP contribution in [0.1, 0.15) is 10.5 Å². The predicted molar refractivity (Wildman–Crippen MR) is 48.2 cm³/mol. The quantitative estimate of drug-likeness (QED) is 0.639. The number of rotatable bonds is 4. The van der Waals surface area contributed by atoms with Crippen molar-refractivity contribution in [2.24, 2.45) is 0 Å². The van der Waals surface area contributed by atoms with Crippen molar-refractivity contribution in [1.82, 2.24) is 4.57 Å². The van der Waals surface area contributed by atoms with Gasteiger partial charge in [-0.3, -0.25) is 4.79 Å². The van der Waals surface area contributed by atoms with Gasteiger partial charge in [0.1, 0.15) is 0 Å². The van der Waals surface area contributed by atoms with Crippen molar-refractivity contribution in [2.45, 2.75) is 6.54 Å². The van der Waals surface area contributed by atoms with E-state index in [9.17, 15) is 4.79 Å². The summed E-state index contributed by atoms with van der Waals surface area (Å²) < 4.78 is 1.96. The fraction of sp³-hybridized carbons (Fsp3) is 0.375. The Balaban J connectivity index is 2.61. The molecule has 2 nitrogen and oxygen atoms in total. The molecule has 0 N–H and O–H groups in total. The summed E-state index contributed by atoms with van der Waals surface area (Å²) in [7, 11) is 0. The molecule has 0 aliphatic rings. The molecule has 3 heteroatoms. The highest BCUT2D eigenvalue weighted by molar-refractivity contribution is 7.98. The second-order valence-electron chi connectivity index (χ2n) is 2.24. The van der Waals surface area contributed by atoms with E-state index in [4.69, 9.17) is 0 Å². The smallest absolute Gasteiger partial charge is 0.166 e. The standard InChI is InChI=1S/C8H11NOS/c1-11-6-5-9-4-2-3-8(9)7-10/h2-4,7H,5-6H2,1H3. The van der Waals surface area contributed by atoms with E-state index in [1.54, 1.807) is 11.8 Å². The van der Waals surface area contributed by atoms with E-state index in [1.807, 2.05) is 22.9 Å². The van der Waals surface area contributed by atoms with Crippen molar-refractivity contribution in [3.05, 3.63) is 24.0 Å². The van der Waals surface area contributed by atoms with Gasteiger partial charge in [0, 0.05) is 18.5 Å². The van der Waals surface area contributed by atoms with Gasteiger partial charge in [-0.15, -0.1) is 0 Å². The predicted octanol–water partition coefficient (Wildman–Crippen LogP) is 1.66. The maximum atomic E-state index is 10.4. The summed E-state index contributed by atoms with van der Waals surface area (Å²) in [5.74, 6) is 1.05. The average molecular weight is 169 g/mol. The molecule has 0 amide bonds. The second kappa shape index (κ2) is 4.23. The number of nitrogens with zero attached hydrogens (tertiary/aromatic N) is 1. The van der Waals surface area contributed by atoms with E-state index >= 15 is 0 Å². The molecule has 0 aliphatic carbocycles. The monoisotopic (exact) mass is 169 g/mol. The largest absolute Gasteiger partial charge is 0.345 e. The number of hydrogen-bond donors (Lipinski definition) is 0. The van der Waals surface area contributed by atoms with Gasteiger partial charge >= 0.3 is 0 Å². The number of hydrogen-bond acceptors (Lipinski definition) is 2. The Hall–Kier alpha value is -0.700. The van der Waals surface area contributed by atoms with Crippen LogP contribution in [0.5, 0.6) is 0 Å². The van der Waals surface area contributed by atoms with Crippen molar-refractivity contribution in [3.8, 4) is 0 Å². The van der Waals surface area contributed by atoms with Gasteiger partial charge in [-0.1, -0.05) is 0 Å². The third-order valence-corrected chi connectivity index (χ3v) is 2.11. The lowest BCUT2D eigenvalue weighted by atomic mass is 10.5. The minimum Gasteiger partial charge on any atom is -0.345 e. The normalized spacial score (nSPS) is 9.91. The molecule has 1 aromatic rings. The molecule has 0 radical (unpaired) electrons. The number of carbonyl (C=O) groups is 1. The Kier molecular flexibility index (Phi) is 3.23. The van der Waals surface area contributed by atoms with Gasteiger partial charge in [0.15, 0.2) is 6.29 Å². The van der Waals surface area contributed by atoms with Crippen molar-refractivity contribution < 1.29 is 4.79 Å². The first-order valence-electron chi connectivity index (χ1n) is 3.47. The van der Waals surface area contributed by atoms with Crippen LogP contribution in [0.25, 0.3) is 0 Å². The number of aromatic nitrogens is 1. The van der Waals surface area contributed by atoms with Crippen molar-refractivity contribution in [1.29, 1.82) is 0 Å². The lowest BCUT2D eigenvalue weighted by Gasteiger charge is -2.01. The molecular formula is C8H11NOS. The molecular weight excluding hydrogens is 158 g/mol. The minimum absolute atomic E-state index is 0.763. The van der Waals surface area contributed by atoms with Crippen LogP contribution in [-0.4, -0.2) is 22.9 Å². The molecule has 60 valence electrons. The van der Waals surface area contributed by atoms with E-state index in [1.165, 1.54) is 0 Å². The molecule has 1 heterocycles. The fourth-order valence-electron chi connectivity index (χ4n) is 0.928. The van der Waals surface area contributed by atoms with E-state index in [0.29, 0.717) is 0 Å². The highest BCUT2D eigenvalue weighted by Crippen LogP contribution is 2.01. The van der Waals surface area contributed by atoms with Gasteiger partial charge in [0.25, 0.3) is 0 Å². The number of thioether (sulfide) groups is 1. The zero-order chi connectivity index (χ0) is 8.10. The van der Waals surface area contributed by atoms with Gasteiger partial charge in [0.2, 0.25) is 0 Å². The summed E-state index contributed by atoms with van der Waals surface area (Å²) in [6.45, 7) is 0.919. The van der Waals surface area contributed by atoms with Gasteiger partial charge in [-0.05, 0) is 18.4 Å². The molecule has 11 heavy (non-hydrogen) atoms. The summed E-state index contributed by atoms with van der Waals surface area (Å²) in [6, 6.07) is 3.72. The summed E-state index contributed by atoms with van der Waals surface area (Å²) >= 11 is 1.78. The van der Waals surface area contributed by atoms with Gasteiger partial charge in [-0.2, -0.15) is 11.8 Å². The zero-order valence-corrected chi connectivity index (χ0v) is 7.30. The first kappa shape index (κ1) is 8.40. The van der Waals surface area contributed by atoms with Crippen molar-refractivity contribution >= 4 is 18.0 Å². The van der Waals surface area contributed by atoms with E-state index in [0.717, 1.165) is 24.3 Å². The lowest BCUT2D eigenvalue weighted by Crippen LogP contribution is -2.02. The number of carbonyl (C=O) groups excluding carboxylic acids is 1. The van der Waals surface area contributed by atoms with E-state index in [2.05, 4.69) is 6.26 Å². The van der Waals surface area contributed by atoms with Gasteiger partial charge in [-0.25, -0.2) is 0 Å². The molecule has 0 spiro atoms. The summed E-state index contributed by atoms with van der Waals surface area (Å²) in [5, 5.41) is 0. The fourth-order valence-corrected chi connectivity index (χ4v) is 1.31. The molecule has 0 saturated heterocycles. The summed E-state index contributed by atoms with van der Waals surface area (Å²) in [4.78, 5) is 10.4. The maximum Gasteiger partial charge on any atom is 0.166 e. The van der Waals surface area contributed by atoms with Gasteiger partial charge in [0.05, 0.1) is 5.69 Å². The Labute approximate surface area is 70.6 Å². The summed E-state index contributed by atoms with van der Waals surface area (Å²) in [6.07, 6.45) is 4.88. The molecule has 0 aromatic carbocycles. The SMILES string of the molecule is CSCCn1cccc1C=O. The average Bonchev–Trinajstić information content (AvgIpc) is 2.47. The first-order chi connectivity index (χ1) is 5.38. The van der Waals surface area contributed by atoms with Crippen LogP contribution in [0.3, 0.4) is 0 Å². The Morgan fingerprint density at radius 2 is 2.55 bits per heavy atom. The lowest BCUT2D eigenvalue weighted by molar-refractivity contribution is 0.111. The second-order valence-corrected chi connectivity index (χ2v) is 3.22. The minimum atomic E-state index is 0.763. The Morgan fingerprint density at radius 3 is 3.18 bits per heavy atom. The van der Waals surface area contributed by atoms with Crippen molar-refractivity contribution in [3.63, 3.8) is 0 Å². The molecule has 1 aromatic heterocycles. The van der Waals surface area contributed by atoms with Crippen LogP contribution in [0.15, 0.2) is 18.3 Å². The van der Waals surface area contributed by atoms with E-state index < -0.39 is 0 Å². The van der Waals surface area contributed by atoms with Crippen LogP contribution in [0.4, 0.5) is 0 Å². The van der Waals surface area contributed by atoms with Crippen LogP contribution in [0.2, 0.25) is 0 Å². The molecule has 0 atom stereocenters. The molecule has 0 saturated carbocycles. The molecule has 0 fully saturated rings. The number of aldehydes is 1. The molecule has 0 bridgehead atoms. The zero-order valence-electron chi connectivity index (χ0n) is 6.49. The van der Waals surface area contributed by atoms with E-state index in [-0.39, 0.29) is 0 Å². The van der Waals surface area contributed by atoms with Crippen LogP contribution >= 0.6 is 11.8 Å². The van der Waals surface area contributed by atoms with Crippen LogP contribution in [0, 0.1) is 0 Å². The van der Waals surface area contributed by atoms with Crippen molar-refractivity contribution in [2.75, 3.05) is 12.0 Å². The molecule has 0 unspecified atom stereocenters. The highest BCUT2D eigenvalue weighted by atomic mass is 32.2. The molecule has 1 rings (SSSR count). The van der Waals surface area contributed by atoms with Gasteiger partial charge < -0.3 is 4.57 Å². The maximum absolute atomic E-state index is 10.4. The van der Waals surface area contributed by atoms with Crippen LogP contribution in [-0.2, 0) is 6.54 Å².